The van der Waals surface area contributed by atoms with Crippen molar-refractivity contribution in [2.24, 2.45) is 0 Å². The van der Waals surface area contributed by atoms with Crippen LogP contribution in [0.3, 0.4) is 0 Å². The molecule has 0 aliphatic carbocycles. The molecule has 1 amide bonds. The smallest absolute Gasteiger partial charge is 0.778 e. The molecule has 0 saturated carbocycles. The Balaban J connectivity index is 0. The fraction of sp³-hybridized carbons (Fsp3) is 0.875. The van der Waals surface area contributed by atoms with E-state index in [0.29, 0.717) is 11.5 Å². The van der Waals surface area contributed by atoms with Gasteiger partial charge in [0.05, 0.1) is 19.2 Å². The van der Waals surface area contributed by atoms with Crippen LogP contribution in [0.4, 0.5) is 0 Å². The first-order valence-corrected chi connectivity index (χ1v) is 10.5. The monoisotopic (exact) mass is 387 g/mol. The molecule has 9 heteroatoms. The molecule has 0 bridgehead atoms. The van der Waals surface area contributed by atoms with Crippen LogP contribution >= 0.6 is 7.60 Å². The third-order valence-electron chi connectivity index (χ3n) is 3.56. The van der Waals surface area contributed by atoms with Crippen molar-refractivity contribution in [3.05, 3.63) is 0 Å². The SMILES string of the molecule is CCCCCCCCCCN(O)C(=O)CC(=O)CP(=O)([O-])OCC.[Na+]. The van der Waals surface area contributed by atoms with Gasteiger partial charge in [0.25, 0.3) is 5.91 Å². The molecule has 1 unspecified atom stereocenters. The molecule has 0 aromatic carbocycles. The number of amides is 1. The maximum atomic E-state index is 11.7. The molecule has 142 valence electrons. The standard InChI is InChI=1S/C16H32NO6P.Na/c1-3-5-6-7-8-9-10-11-12-17(20)16(19)13-15(18)14-24(21,22)23-4-2;/h20H,3-14H2,1-2H3,(H,21,22);/q;+1/p-1. The van der Waals surface area contributed by atoms with E-state index in [0.717, 1.165) is 19.3 Å². The molecular weight excluding hydrogens is 356 g/mol. The molecule has 25 heavy (non-hydrogen) atoms. The average Bonchev–Trinajstić information content (AvgIpc) is 2.48. The van der Waals surface area contributed by atoms with Gasteiger partial charge in [0.15, 0.2) is 5.78 Å². The number of carbonyl (C=O) groups excluding carboxylic acids is 2. The normalized spacial score (nSPS) is 13.0. The first kappa shape index (κ1) is 27.5. The quantitative estimate of drug-likeness (QED) is 0.105. The van der Waals surface area contributed by atoms with Crippen molar-refractivity contribution < 1.29 is 58.3 Å². The van der Waals surface area contributed by atoms with Crippen LogP contribution in [-0.4, -0.2) is 41.3 Å². The molecule has 0 fully saturated rings. The Hall–Kier alpha value is 0.250. The molecule has 0 radical (unpaired) electrons. The zero-order chi connectivity index (χ0) is 18.4. The molecule has 0 aliphatic rings. The van der Waals surface area contributed by atoms with Gasteiger partial charge in [-0.3, -0.25) is 14.8 Å². The van der Waals surface area contributed by atoms with Gasteiger partial charge in [0, 0.05) is 6.54 Å². The minimum Gasteiger partial charge on any atom is -0.778 e. The van der Waals surface area contributed by atoms with Gasteiger partial charge in [-0.2, -0.15) is 0 Å². The summed E-state index contributed by atoms with van der Waals surface area (Å²) in [5.41, 5.74) is 0. The Kier molecular flexibility index (Phi) is 18.0. The van der Waals surface area contributed by atoms with E-state index < -0.39 is 31.9 Å². The number of hydroxylamine groups is 2. The van der Waals surface area contributed by atoms with Crippen molar-refractivity contribution >= 4 is 19.3 Å². The molecule has 0 spiro atoms. The Labute approximate surface area is 173 Å². The largest absolute Gasteiger partial charge is 1.00 e. The number of hydrogen-bond acceptors (Lipinski definition) is 6. The maximum Gasteiger partial charge on any atom is 1.00 e. The maximum absolute atomic E-state index is 11.7. The molecular formula is C16H31NNaO6P. The average molecular weight is 387 g/mol. The first-order chi connectivity index (χ1) is 11.3. The Morgan fingerprint density at radius 1 is 1.04 bits per heavy atom. The fourth-order valence-corrected chi connectivity index (χ4v) is 3.32. The van der Waals surface area contributed by atoms with Crippen LogP contribution in [0.2, 0.25) is 0 Å². The molecule has 0 rings (SSSR count). The first-order valence-electron chi connectivity index (χ1n) is 8.78. The van der Waals surface area contributed by atoms with Crippen LogP contribution in [0.1, 0.15) is 71.6 Å². The van der Waals surface area contributed by atoms with E-state index in [1.54, 1.807) is 0 Å². The van der Waals surface area contributed by atoms with Crippen molar-refractivity contribution in [2.45, 2.75) is 71.6 Å². The summed E-state index contributed by atoms with van der Waals surface area (Å²) < 4.78 is 15.8. The molecule has 1 N–H and O–H groups in total. The van der Waals surface area contributed by atoms with Gasteiger partial charge in [0.1, 0.15) is 7.60 Å². The summed E-state index contributed by atoms with van der Waals surface area (Å²) in [6.07, 6.45) is 7.23. The van der Waals surface area contributed by atoms with E-state index in [1.165, 1.54) is 32.6 Å². The molecule has 0 heterocycles. The number of rotatable bonds is 15. The summed E-state index contributed by atoms with van der Waals surface area (Å²) in [7, 11) is -4.23. The van der Waals surface area contributed by atoms with Crippen LogP contribution in [-0.2, 0) is 18.7 Å². The van der Waals surface area contributed by atoms with Gasteiger partial charge >= 0.3 is 29.6 Å². The van der Waals surface area contributed by atoms with E-state index in [4.69, 9.17) is 0 Å². The van der Waals surface area contributed by atoms with Crippen LogP contribution < -0.4 is 34.5 Å². The molecule has 0 saturated heterocycles. The zero-order valence-electron chi connectivity index (χ0n) is 15.9. The number of hydrogen-bond donors (Lipinski definition) is 1. The van der Waals surface area contributed by atoms with E-state index in [1.807, 2.05) is 0 Å². The van der Waals surface area contributed by atoms with Crippen molar-refractivity contribution in [3.8, 4) is 0 Å². The van der Waals surface area contributed by atoms with Crippen molar-refractivity contribution in [2.75, 3.05) is 19.3 Å². The van der Waals surface area contributed by atoms with Crippen molar-refractivity contribution in [1.82, 2.24) is 5.06 Å². The van der Waals surface area contributed by atoms with Crippen molar-refractivity contribution in [1.29, 1.82) is 0 Å². The second-order valence-electron chi connectivity index (χ2n) is 5.89. The Morgan fingerprint density at radius 3 is 2.08 bits per heavy atom. The van der Waals surface area contributed by atoms with E-state index in [-0.39, 0.29) is 42.7 Å². The van der Waals surface area contributed by atoms with Gasteiger partial charge in [-0.1, -0.05) is 51.9 Å². The molecule has 0 aliphatic heterocycles. The van der Waals surface area contributed by atoms with Crippen LogP contribution in [0.5, 0.6) is 0 Å². The predicted molar refractivity (Wildman–Crippen MR) is 89.8 cm³/mol. The molecule has 1 atom stereocenters. The number of unbranched alkanes of at least 4 members (excludes halogenated alkanes) is 7. The van der Waals surface area contributed by atoms with Crippen LogP contribution in [0.25, 0.3) is 0 Å². The summed E-state index contributed by atoms with van der Waals surface area (Å²) in [6, 6.07) is 0. The minimum absolute atomic E-state index is 0. The summed E-state index contributed by atoms with van der Waals surface area (Å²) in [4.78, 5) is 34.5. The van der Waals surface area contributed by atoms with Gasteiger partial charge in [0.2, 0.25) is 0 Å². The molecule has 0 aromatic heterocycles. The second kappa shape index (κ2) is 16.4. The minimum atomic E-state index is -4.23. The fourth-order valence-electron chi connectivity index (χ4n) is 2.29. The number of ketones is 1. The van der Waals surface area contributed by atoms with Crippen LogP contribution in [0, 0.1) is 0 Å². The number of nitrogens with zero attached hydrogens (tertiary/aromatic N) is 1. The third-order valence-corrected chi connectivity index (χ3v) is 4.95. The Bertz CT molecular complexity index is 421. The van der Waals surface area contributed by atoms with Gasteiger partial charge in [-0.25, -0.2) is 5.06 Å². The predicted octanol–water partition coefficient (Wildman–Crippen LogP) is -0.102. The summed E-state index contributed by atoms with van der Waals surface area (Å²) in [5, 5.41) is 10.1. The van der Waals surface area contributed by atoms with E-state index in [2.05, 4.69) is 11.4 Å². The van der Waals surface area contributed by atoms with E-state index in [9.17, 15) is 24.3 Å². The van der Waals surface area contributed by atoms with Crippen LogP contribution in [0.15, 0.2) is 0 Å². The summed E-state index contributed by atoms with van der Waals surface area (Å²) in [6.45, 7) is 3.78. The van der Waals surface area contributed by atoms with E-state index >= 15 is 0 Å². The Morgan fingerprint density at radius 2 is 1.56 bits per heavy atom. The topological polar surface area (TPSA) is 107 Å². The zero-order valence-corrected chi connectivity index (χ0v) is 18.8. The molecule has 0 aromatic rings. The number of carbonyl (C=O) groups is 2. The van der Waals surface area contributed by atoms with Gasteiger partial charge < -0.3 is 14.0 Å². The second-order valence-corrected chi connectivity index (χ2v) is 7.69. The summed E-state index contributed by atoms with van der Waals surface area (Å²) >= 11 is 0. The number of Topliss-reactive ketones (excluding diaryl/α,β-unsaturated/α-hetero) is 1. The molecule has 7 nitrogen and oxygen atoms in total. The third kappa shape index (κ3) is 16.2. The van der Waals surface area contributed by atoms with Gasteiger partial charge in [-0.15, -0.1) is 0 Å². The van der Waals surface area contributed by atoms with Crippen molar-refractivity contribution in [3.63, 3.8) is 0 Å². The van der Waals surface area contributed by atoms with Gasteiger partial charge in [-0.05, 0) is 13.3 Å². The summed E-state index contributed by atoms with van der Waals surface area (Å²) in [5.74, 6) is -1.55.